The Kier molecular flexibility index (Phi) is 9.95. The van der Waals surface area contributed by atoms with Gasteiger partial charge in [0.15, 0.2) is 0 Å². The first-order valence-corrected chi connectivity index (χ1v) is 8.57. The van der Waals surface area contributed by atoms with E-state index in [0.717, 1.165) is 6.07 Å². The topological polar surface area (TPSA) is 144 Å². The molecule has 2 rings (SSSR count). The van der Waals surface area contributed by atoms with Crippen molar-refractivity contribution in [3.8, 4) is 0 Å². The van der Waals surface area contributed by atoms with Crippen molar-refractivity contribution in [2.24, 2.45) is 0 Å². The first-order chi connectivity index (χ1) is 9.98. The molecule has 2 aromatic carbocycles. The van der Waals surface area contributed by atoms with Crippen molar-refractivity contribution in [2.75, 3.05) is 5.32 Å². The fourth-order valence-corrected chi connectivity index (χ4v) is 3.26. The van der Waals surface area contributed by atoms with Gasteiger partial charge in [0.25, 0.3) is 0 Å². The smallest absolute Gasteiger partial charge is 0.744 e. The summed E-state index contributed by atoms with van der Waals surface area (Å²) in [5.41, 5.74) is 0.225. The van der Waals surface area contributed by atoms with Gasteiger partial charge in [0.1, 0.15) is 20.2 Å². The third-order valence-corrected chi connectivity index (χ3v) is 4.46. The fourth-order valence-electron chi connectivity index (χ4n) is 1.93. The number of carbonyl (C=O) groups excluding carboxylic acids is 1. The Bertz CT molecular complexity index is 988. The van der Waals surface area contributed by atoms with Crippen LogP contribution >= 0.6 is 0 Å². The molecule has 24 heavy (non-hydrogen) atoms. The van der Waals surface area contributed by atoms with Gasteiger partial charge in [0, 0.05) is 18.0 Å². The zero-order chi connectivity index (χ0) is 16.7. The SMILES string of the molecule is CC(=O)Nc1ccc2cc(S(=O)(=O)[O-])cc(S(=O)(=O)[O-])c2c1.[K+].[K+]. The first kappa shape index (κ1) is 25.3. The molecule has 8 nitrogen and oxygen atoms in total. The normalized spacial score (nSPS) is 11.3. The van der Waals surface area contributed by atoms with Gasteiger partial charge in [-0.1, -0.05) is 6.07 Å². The summed E-state index contributed by atoms with van der Waals surface area (Å²) in [4.78, 5) is 9.35. The van der Waals surface area contributed by atoms with E-state index in [-0.39, 0.29) is 119 Å². The van der Waals surface area contributed by atoms with Crippen LogP contribution in [0.4, 0.5) is 5.69 Å². The van der Waals surface area contributed by atoms with Crippen LogP contribution in [0, 0.1) is 0 Å². The summed E-state index contributed by atoms with van der Waals surface area (Å²) < 4.78 is 67.1. The van der Waals surface area contributed by atoms with Crippen LogP contribution in [-0.4, -0.2) is 31.8 Å². The minimum Gasteiger partial charge on any atom is -0.744 e. The summed E-state index contributed by atoms with van der Waals surface area (Å²) in [5, 5.41) is 2.39. The predicted octanol–water partition coefficient (Wildman–Crippen LogP) is -5.39. The average molecular weight is 422 g/mol. The monoisotopic (exact) mass is 421 g/mol. The molecule has 1 N–H and O–H groups in total. The first-order valence-electron chi connectivity index (χ1n) is 5.76. The maximum atomic E-state index is 11.3. The average Bonchev–Trinajstić information content (AvgIpc) is 2.34. The molecule has 0 radical (unpaired) electrons. The summed E-state index contributed by atoms with van der Waals surface area (Å²) in [6, 6.07) is 5.37. The zero-order valence-electron chi connectivity index (χ0n) is 13.1. The van der Waals surface area contributed by atoms with Gasteiger partial charge in [-0.25, -0.2) is 16.8 Å². The molecule has 0 aromatic heterocycles. The molecule has 1 amide bonds. The van der Waals surface area contributed by atoms with Gasteiger partial charge in [-0.3, -0.25) is 4.79 Å². The van der Waals surface area contributed by atoms with Crippen molar-refractivity contribution in [3.63, 3.8) is 0 Å². The van der Waals surface area contributed by atoms with Gasteiger partial charge in [-0.15, -0.1) is 0 Å². The van der Waals surface area contributed by atoms with E-state index in [0.29, 0.717) is 6.07 Å². The second kappa shape index (κ2) is 9.46. The van der Waals surface area contributed by atoms with Crippen LogP contribution in [-0.2, 0) is 25.0 Å². The minimum absolute atomic E-state index is 0. The molecule has 0 saturated heterocycles. The van der Waals surface area contributed by atoms with E-state index in [1.54, 1.807) is 0 Å². The summed E-state index contributed by atoms with van der Waals surface area (Å²) in [5.74, 6) is -0.412. The summed E-state index contributed by atoms with van der Waals surface area (Å²) >= 11 is 0. The maximum absolute atomic E-state index is 11.3. The van der Waals surface area contributed by atoms with Crippen molar-refractivity contribution in [2.45, 2.75) is 16.7 Å². The molecule has 2 aromatic rings. The van der Waals surface area contributed by atoms with Crippen molar-refractivity contribution >= 4 is 42.6 Å². The Hall–Kier alpha value is 1.26. The number of hydrogen-bond donors (Lipinski definition) is 1. The second-order valence-electron chi connectivity index (χ2n) is 4.45. The third kappa shape index (κ3) is 6.46. The molecule has 0 aliphatic carbocycles. The molecule has 0 heterocycles. The van der Waals surface area contributed by atoms with Crippen LogP contribution < -0.4 is 108 Å². The molecule has 0 fully saturated rings. The Labute approximate surface area is 224 Å². The number of nitrogens with one attached hydrogen (secondary N) is 1. The van der Waals surface area contributed by atoms with Crippen molar-refractivity contribution in [3.05, 3.63) is 30.3 Å². The Morgan fingerprint density at radius 2 is 1.54 bits per heavy atom. The molecule has 0 unspecified atom stereocenters. The number of hydrogen-bond acceptors (Lipinski definition) is 7. The Morgan fingerprint density at radius 1 is 0.958 bits per heavy atom. The second-order valence-corrected chi connectivity index (χ2v) is 7.17. The van der Waals surface area contributed by atoms with E-state index < -0.39 is 35.9 Å². The van der Waals surface area contributed by atoms with E-state index >= 15 is 0 Å². The Balaban J connectivity index is 0.00000264. The van der Waals surface area contributed by atoms with E-state index in [1.807, 2.05) is 0 Å². The summed E-state index contributed by atoms with van der Waals surface area (Å²) in [6.45, 7) is 1.24. The zero-order valence-corrected chi connectivity index (χ0v) is 20.9. The largest absolute Gasteiger partial charge is 1.00 e. The number of fused-ring (bicyclic) bond motifs is 1. The molecule has 0 saturated carbocycles. The number of benzene rings is 2. The van der Waals surface area contributed by atoms with Crippen LogP contribution in [0.25, 0.3) is 10.8 Å². The molecule has 0 aliphatic heterocycles. The van der Waals surface area contributed by atoms with Crippen LogP contribution in [0.15, 0.2) is 40.1 Å². The summed E-state index contributed by atoms with van der Waals surface area (Å²) in [7, 11) is -9.95. The molecule has 0 bridgehead atoms. The van der Waals surface area contributed by atoms with Crippen molar-refractivity contribution in [1.29, 1.82) is 0 Å². The van der Waals surface area contributed by atoms with Gasteiger partial charge in [-0.05, 0) is 29.7 Å². The van der Waals surface area contributed by atoms with Crippen molar-refractivity contribution < 1.29 is 134 Å². The molecule has 0 spiro atoms. The fraction of sp³-hybridized carbons (Fsp3) is 0.0833. The molecular formula is C12H9K2NO7S2. The maximum Gasteiger partial charge on any atom is 1.00 e. The quantitative estimate of drug-likeness (QED) is 0.385. The summed E-state index contributed by atoms with van der Waals surface area (Å²) in [6.07, 6.45) is 0. The minimum atomic E-state index is -5.02. The molecular weight excluding hydrogens is 412 g/mol. The van der Waals surface area contributed by atoms with Crippen LogP contribution in [0.5, 0.6) is 0 Å². The number of amides is 1. The number of anilines is 1. The van der Waals surface area contributed by atoms with Gasteiger partial charge >= 0.3 is 103 Å². The Morgan fingerprint density at radius 3 is 2.00 bits per heavy atom. The van der Waals surface area contributed by atoms with E-state index in [2.05, 4.69) is 5.32 Å². The van der Waals surface area contributed by atoms with Crippen LogP contribution in [0.2, 0.25) is 0 Å². The van der Waals surface area contributed by atoms with E-state index in [4.69, 9.17) is 0 Å². The van der Waals surface area contributed by atoms with Crippen LogP contribution in [0.1, 0.15) is 6.92 Å². The van der Waals surface area contributed by atoms with Gasteiger partial charge in [0.2, 0.25) is 5.91 Å². The van der Waals surface area contributed by atoms with Gasteiger partial charge in [0.05, 0.1) is 9.79 Å². The van der Waals surface area contributed by atoms with Crippen molar-refractivity contribution in [1.82, 2.24) is 0 Å². The van der Waals surface area contributed by atoms with Gasteiger partial charge in [-0.2, -0.15) is 0 Å². The molecule has 0 aliphatic rings. The number of rotatable bonds is 3. The predicted molar refractivity (Wildman–Crippen MR) is 74.2 cm³/mol. The standard InChI is InChI=1S/C12H11NO7S2.2K/c1-7(14)13-9-3-2-8-4-10(21(15,16)17)6-12(11(8)5-9)22(18,19)20;;/h2-6H,1H3,(H,13,14)(H,15,16,17)(H,18,19,20);;/q;2*+1/p-2. The molecule has 12 heteroatoms. The van der Waals surface area contributed by atoms with E-state index in [1.165, 1.54) is 25.1 Å². The molecule has 118 valence electrons. The van der Waals surface area contributed by atoms with Crippen LogP contribution in [0.3, 0.4) is 0 Å². The van der Waals surface area contributed by atoms with Gasteiger partial charge < -0.3 is 14.4 Å². The third-order valence-electron chi connectivity index (χ3n) is 2.77. The molecule has 0 atom stereocenters. The van der Waals surface area contributed by atoms with E-state index in [9.17, 15) is 30.7 Å². The number of carbonyl (C=O) groups is 1.